The fourth-order valence-corrected chi connectivity index (χ4v) is 2.28. The quantitative estimate of drug-likeness (QED) is 0.661. The summed E-state index contributed by atoms with van der Waals surface area (Å²) in [5.74, 6) is 0. The summed E-state index contributed by atoms with van der Waals surface area (Å²) in [5.41, 5.74) is 1.11. The minimum Gasteiger partial charge on any atom is -0.379 e. The molecule has 1 aliphatic carbocycles. The minimum absolute atomic E-state index is 0.139. The third-order valence-electron chi connectivity index (χ3n) is 3.52. The van der Waals surface area contributed by atoms with E-state index in [0.29, 0.717) is 11.1 Å². The number of nitrogens with zero attached hydrogens (tertiary/aromatic N) is 1. The number of nitrogens with one attached hydrogen (secondary N) is 1. The Morgan fingerprint density at radius 2 is 2.24 bits per heavy atom. The van der Waals surface area contributed by atoms with E-state index in [1.54, 1.807) is 12.1 Å². The molecule has 0 aromatic heterocycles. The van der Waals surface area contributed by atoms with Crippen LogP contribution in [0.1, 0.15) is 26.2 Å². The average Bonchev–Trinajstić information content (AvgIpc) is 3.07. The van der Waals surface area contributed by atoms with Crippen LogP contribution in [-0.4, -0.2) is 11.5 Å². The lowest BCUT2D eigenvalue weighted by Crippen LogP contribution is -2.15. The molecule has 1 N–H and O–H groups in total. The number of hydrogen-bond acceptors (Lipinski definition) is 3. The van der Waals surface area contributed by atoms with Gasteiger partial charge in [0.25, 0.3) is 5.69 Å². The number of anilines is 1. The first-order valence-corrected chi connectivity index (χ1v) is 6.53. The molecular weight excluding hydrogens is 284 g/mol. The van der Waals surface area contributed by atoms with Crippen LogP contribution in [0.5, 0.6) is 0 Å². The molecule has 0 bridgehead atoms. The van der Waals surface area contributed by atoms with Gasteiger partial charge in [-0.2, -0.15) is 0 Å². The van der Waals surface area contributed by atoms with Gasteiger partial charge in [-0.1, -0.05) is 22.9 Å². The van der Waals surface area contributed by atoms with Crippen LogP contribution in [0, 0.1) is 15.5 Å². The van der Waals surface area contributed by atoms with Crippen LogP contribution in [-0.2, 0) is 0 Å². The summed E-state index contributed by atoms with van der Waals surface area (Å²) >= 11 is 3.34. The van der Waals surface area contributed by atoms with Crippen molar-refractivity contribution in [1.29, 1.82) is 0 Å². The predicted octanol–water partition coefficient (Wildman–Crippen LogP) is 3.96. The van der Waals surface area contributed by atoms with Crippen LogP contribution < -0.4 is 5.32 Å². The number of benzene rings is 1. The third kappa shape index (κ3) is 2.77. The molecule has 0 heterocycles. The van der Waals surface area contributed by atoms with Crippen LogP contribution >= 0.6 is 15.9 Å². The Morgan fingerprint density at radius 1 is 1.53 bits per heavy atom. The highest BCUT2D eigenvalue weighted by Gasteiger charge is 2.40. The fourth-order valence-electron chi connectivity index (χ4n) is 1.92. The van der Waals surface area contributed by atoms with Gasteiger partial charge in [0.1, 0.15) is 5.69 Å². The molecule has 0 aliphatic heterocycles. The molecule has 1 aliphatic rings. The van der Waals surface area contributed by atoms with Crippen LogP contribution in [0.4, 0.5) is 11.4 Å². The van der Waals surface area contributed by atoms with E-state index in [-0.39, 0.29) is 10.6 Å². The number of rotatable bonds is 5. The Hall–Kier alpha value is -1.10. The first-order valence-electron chi connectivity index (χ1n) is 5.74. The number of nitro benzene ring substituents is 1. The monoisotopic (exact) mass is 298 g/mol. The molecule has 0 atom stereocenters. The second-order valence-electron chi connectivity index (χ2n) is 4.63. The zero-order valence-corrected chi connectivity index (χ0v) is 11.3. The fraction of sp³-hybridized carbons (Fsp3) is 0.500. The Balaban J connectivity index is 2.13. The molecule has 0 amide bonds. The molecule has 0 spiro atoms. The molecular formula is C12H15BrN2O2. The zero-order chi connectivity index (χ0) is 12.5. The van der Waals surface area contributed by atoms with E-state index < -0.39 is 0 Å². The molecule has 4 nitrogen and oxygen atoms in total. The summed E-state index contributed by atoms with van der Waals surface area (Å²) in [6, 6.07) is 4.98. The van der Waals surface area contributed by atoms with Gasteiger partial charge in [-0.3, -0.25) is 10.1 Å². The zero-order valence-electron chi connectivity index (χ0n) is 9.70. The molecule has 0 saturated heterocycles. The van der Waals surface area contributed by atoms with Gasteiger partial charge in [-0.05, 0) is 36.8 Å². The smallest absolute Gasteiger partial charge is 0.292 e. The molecule has 0 radical (unpaired) electrons. The van der Waals surface area contributed by atoms with E-state index in [0.717, 1.165) is 17.4 Å². The maximum Gasteiger partial charge on any atom is 0.292 e. The van der Waals surface area contributed by atoms with Crippen molar-refractivity contribution in [2.24, 2.45) is 5.41 Å². The van der Waals surface area contributed by atoms with Gasteiger partial charge in [0.05, 0.1) is 4.92 Å². The van der Waals surface area contributed by atoms with E-state index in [2.05, 4.69) is 28.2 Å². The Bertz CT molecular complexity index is 444. The lowest BCUT2D eigenvalue weighted by molar-refractivity contribution is -0.384. The lowest BCUT2D eigenvalue weighted by Gasteiger charge is -2.14. The van der Waals surface area contributed by atoms with Gasteiger partial charge in [-0.25, -0.2) is 0 Å². The summed E-state index contributed by atoms with van der Waals surface area (Å²) in [6.45, 7) is 2.99. The van der Waals surface area contributed by atoms with E-state index >= 15 is 0 Å². The van der Waals surface area contributed by atoms with E-state index in [9.17, 15) is 10.1 Å². The van der Waals surface area contributed by atoms with Crippen molar-refractivity contribution in [2.45, 2.75) is 26.2 Å². The van der Waals surface area contributed by atoms with Gasteiger partial charge in [0, 0.05) is 17.1 Å². The molecule has 5 heteroatoms. The minimum atomic E-state index is -0.347. The molecule has 1 aromatic rings. The summed E-state index contributed by atoms with van der Waals surface area (Å²) in [5, 5.41) is 14.1. The lowest BCUT2D eigenvalue weighted by atomic mass is 10.0. The standard InChI is InChI=1S/C12H15BrN2O2/c1-2-12(5-6-12)8-14-10-7-9(13)3-4-11(10)15(16)17/h3-4,7,14H,2,5-6,8H2,1H3. The second-order valence-corrected chi connectivity index (χ2v) is 5.54. The number of hydrogen-bond donors (Lipinski definition) is 1. The Kier molecular flexibility index (Phi) is 3.38. The number of nitro groups is 1. The van der Waals surface area contributed by atoms with Crippen LogP contribution in [0.3, 0.4) is 0 Å². The van der Waals surface area contributed by atoms with Crippen molar-refractivity contribution in [3.63, 3.8) is 0 Å². The van der Waals surface area contributed by atoms with Gasteiger partial charge in [0.2, 0.25) is 0 Å². The van der Waals surface area contributed by atoms with E-state index in [4.69, 9.17) is 0 Å². The molecule has 1 aromatic carbocycles. The van der Waals surface area contributed by atoms with Crippen molar-refractivity contribution in [1.82, 2.24) is 0 Å². The van der Waals surface area contributed by atoms with Gasteiger partial charge in [-0.15, -0.1) is 0 Å². The predicted molar refractivity (Wildman–Crippen MR) is 71.2 cm³/mol. The van der Waals surface area contributed by atoms with Crippen LogP contribution in [0.25, 0.3) is 0 Å². The topological polar surface area (TPSA) is 55.2 Å². The van der Waals surface area contributed by atoms with Crippen molar-refractivity contribution in [2.75, 3.05) is 11.9 Å². The third-order valence-corrected chi connectivity index (χ3v) is 4.01. The molecule has 92 valence electrons. The Labute approximate surface area is 109 Å². The number of halogens is 1. The van der Waals surface area contributed by atoms with Crippen molar-refractivity contribution in [3.05, 3.63) is 32.8 Å². The average molecular weight is 299 g/mol. The van der Waals surface area contributed by atoms with Crippen LogP contribution in [0.2, 0.25) is 0 Å². The molecule has 2 rings (SSSR count). The van der Waals surface area contributed by atoms with Gasteiger partial charge >= 0.3 is 0 Å². The highest BCUT2D eigenvalue weighted by Crippen LogP contribution is 2.48. The molecule has 0 unspecified atom stereocenters. The summed E-state index contributed by atoms with van der Waals surface area (Å²) in [7, 11) is 0. The summed E-state index contributed by atoms with van der Waals surface area (Å²) < 4.78 is 0.854. The first-order chi connectivity index (χ1) is 8.06. The normalized spacial score (nSPS) is 16.6. The van der Waals surface area contributed by atoms with Crippen molar-refractivity contribution < 1.29 is 4.92 Å². The SMILES string of the molecule is CCC1(CNc2cc(Br)ccc2[N+](=O)[O-])CC1. The summed E-state index contributed by atoms with van der Waals surface area (Å²) in [4.78, 5) is 10.5. The molecule has 1 saturated carbocycles. The first kappa shape index (κ1) is 12.4. The molecule has 1 fully saturated rings. The van der Waals surface area contributed by atoms with Crippen molar-refractivity contribution in [3.8, 4) is 0 Å². The maximum atomic E-state index is 10.9. The maximum absolute atomic E-state index is 10.9. The van der Waals surface area contributed by atoms with E-state index in [1.165, 1.54) is 18.9 Å². The van der Waals surface area contributed by atoms with Crippen LogP contribution in [0.15, 0.2) is 22.7 Å². The largest absolute Gasteiger partial charge is 0.379 e. The van der Waals surface area contributed by atoms with Gasteiger partial charge in [0.15, 0.2) is 0 Å². The highest BCUT2D eigenvalue weighted by molar-refractivity contribution is 9.10. The van der Waals surface area contributed by atoms with Crippen molar-refractivity contribution >= 4 is 27.3 Å². The van der Waals surface area contributed by atoms with Gasteiger partial charge < -0.3 is 5.32 Å². The van der Waals surface area contributed by atoms with E-state index in [1.807, 2.05) is 0 Å². The second kappa shape index (κ2) is 4.64. The molecule has 17 heavy (non-hydrogen) atoms. The highest BCUT2D eigenvalue weighted by atomic mass is 79.9. The summed E-state index contributed by atoms with van der Waals surface area (Å²) in [6.07, 6.45) is 3.57. The Morgan fingerprint density at radius 3 is 2.76 bits per heavy atom.